The predicted molar refractivity (Wildman–Crippen MR) is 82.5 cm³/mol. The summed E-state index contributed by atoms with van der Waals surface area (Å²) in [5.74, 6) is 0.576. The molecule has 1 fully saturated rings. The largest absolute Gasteiger partial charge is 0.376 e. The number of anilines is 1. The van der Waals surface area contributed by atoms with E-state index in [9.17, 15) is 4.79 Å². The Morgan fingerprint density at radius 3 is 3.09 bits per heavy atom. The lowest BCUT2D eigenvalue weighted by Gasteiger charge is -2.23. The Kier molecular flexibility index (Phi) is 7.05. The fourth-order valence-corrected chi connectivity index (χ4v) is 2.18. The Morgan fingerprint density at radius 1 is 1.45 bits per heavy atom. The Labute approximate surface area is 130 Å². The lowest BCUT2D eigenvalue weighted by molar-refractivity contribution is -0.135. The zero-order valence-corrected chi connectivity index (χ0v) is 13.0. The van der Waals surface area contributed by atoms with E-state index in [1.165, 1.54) is 6.42 Å². The van der Waals surface area contributed by atoms with Crippen molar-refractivity contribution >= 4 is 11.7 Å². The third-order valence-corrected chi connectivity index (χ3v) is 3.47. The second-order valence-corrected chi connectivity index (χ2v) is 5.27. The standard InChI is InChI=1S/C15H24N4O3/c1-12(22-11-13-4-2-3-9-21-13)15(20)19-8-7-18-14-10-16-5-6-17-14/h5-6,10,12-13H,2-4,7-9,11H2,1H3,(H,17,18)(H,19,20)/t12-,13-/m0/s1. The molecule has 0 aromatic carbocycles. The van der Waals surface area contributed by atoms with E-state index in [4.69, 9.17) is 9.47 Å². The number of amides is 1. The van der Waals surface area contributed by atoms with Crippen molar-refractivity contribution in [1.82, 2.24) is 15.3 Å². The van der Waals surface area contributed by atoms with Crippen LogP contribution in [0.1, 0.15) is 26.2 Å². The topological polar surface area (TPSA) is 85.4 Å². The number of carbonyl (C=O) groups excluding carboxylic acids is 1. The molecule has 0 spiro atoms. The summed E-state index contributed by atoms with van der Waals surface area (Å²) in [5.41, 5.74) is 0. The second-order valence-electron chi connectivity index (χ2n) is 5.27. The normalized spacial score (nSPS) is 19.4. The van der Waals surface area contributed by atoms with Crippen LogP contribution >= 0.6 is 0 Å². The minimum Gasteiger partial charge on any atom is -0.376 e. The smallest absolute Gasteiger partial charge is 0.248 e. The fourth-order valence-electron chi connectivity index (χ4n) is 2.18. The van der Waals surface area contributed by atoms with E-state index in [2.05, 4.69) is 20.6 Å². The van der Waals surface area contributed by atoms with Crippen molar-refractivity contribution in [3.05, 3.63) is 18.6 Å². The average Bonchev–Trinajstić information content (AvgIpc) is 2.58. The minimum atomic E-state index is -0.470. The van der Waals surface area contributed by atoms with E-state index in [-0.39, 0.29) is 12.0 Å². The van der Waals surface area contributed by atoms with Gasteiger partial charge in [0.1, 0.15) is 11.9 Å². The summed E-state index contributed by atoms with van der Waals surface area (Å²) in [7, 11) is 0. The molecule has 1 amide bonds. The van der Waals surface area contributed by atoms with Crippen molar-refractivity contribution in [1.29, 1.82) is 0 Å². The van der Waals surface area contributed by atoms with Gasteiger partial charge in [0.05, 0.1) is 18.9 Å². The molecule has 7 nitrogen and oxygen atoms in total. The van der Waals surface area contributed by atoms with Gasteiger partial charge >= 0.3 is 0 Å². The van der Waals surface area contributed by atoms with E-state index in [0.717, 1.165) is 19.4 Å². The number of nitrogens with zero attached hydrogens (tertiary/aromatic N) is 2. The number of ether oxygens (including phenoxy) is 2. The zero-order chi connectivity index (χ0) is 15.6. The molecule has 1 saturated heterocycles. The van der Waals surface area contributed by atoms with Gasteiger partial charge in [0.25, 0.3) is 0 Å². The van der Waals surface area contributed by atoms with Crippen LogP contribution in [0.4, 0.5) is 5.82 Å². The van der Waals surface area contributed by atoms with Crippen molar-refractivity contribution in [3.63, 3.8) is 0 Å². The zero-order valence-electron chi connectivity index (χ0n) is 13.0. The highest BCUT2D eigenvalue weighted by atomic mass is 16.5. The first-order valence-corrected chi connectivity index (χ1v) is 7.76. The second kappa shape index (κ2) is 9.32. The van der Waals surface area contributed by atoms with Crippen LogP contribution in [0.3, 0.4) is 0 Å². The molecule has 22 heavy (non-hydrogen) atoms. The van der Waals surface area contributed by atoms with Gasteiger partial charge in [0.2, 0.25) is 5.91 Å². The van der Waals surface area contributed by atoms with E-state index in [1.54, 1.807) is 25.5 Å². The summed E-state index contributed by atoms with van der Waals surface area (Å²) in [6.45, 7) is 4.12. The molecule has 2 heterocycles. The van der Waals surface area contributed by atoms with Crippen LogP contribution in [-0.2, 0) is 14.3 Å². The Morgan fingerprint density at radius 2 is 2.36 bits per heavy atom. The molecule has 1 aliphatic heterocycles. The molecule has 1 aromatic heterocycles. The minimum absolute atomic E-state index is 0.114. The summed E-state index contributed by atoms with van der Waals surface area (Å²) in [5, 5.41) is 5.90. The maximum Gasteiger partial charge on any atom is 0.248 e. The van der Waals surface area contributed by atoms with Crippen molar-refractivity contribution < 1.29 is 14.3 Å². The van der Waals surface area contributed by atoms with Crippen molar-refractivity contribution in [2.45, 2.75) is 38.4 Å². The molecule has 2 rings (SSSR count). The van der Waals surface area contributed by atoms with Crippen LogP contribution < -0.4 is 10.6 Å². The molecule has 7 heteroatoms. The van der Waals surface area contributed by atoms with Crippen LogP contribution in [0.5, 0.6) is 0 Å². The highest BCUT2D eigenvalue weighted by Crippen LogP contribution is 2.13. The summed E-state index contributed by atoms with van der Waals surface area (Å²) in [6, 6.07) is 0. The molecule has 2 atom stereocenters. The van der Waals surface area contributed by atoms with Gasteiger partial charge < -0.3 is 20.1 Å². The van der Waals surface area contributed by atoms with E-state index >= 15 is 0 Å². The van der Waals surface area contributed by atoms with Gasteiger partial charge in [0.15, 0.2) is 0 Å². The van der Waals surface area contributed by atoms with Crippen molar-refractivity contribution in [2.75, 3.05) is 31.6 Å². The Bertz CT molecular complexity index is 438. The van der Waals surface area contributed by atoms with E-state index < -0.39 is 6.10 Å². The average molecular weight is 308 g/mol. The molecule has 0 bridgehead atoms. The summed E-state index contributed by atoms with van der Waals surface area (Å²) < 4.78 is 11.2. The number of rotatable bonds is 8. The monoisotopic (exact) mass is 308 g/mol. The van der Waals surface area contributed by atoms with Crippen LogP contribution in [0.15, 0.2) is 18.6 Å². The predicted octanol–water partition coefficient (Wildman–Crippen LogP) is 0.979. The molecule has 0 unspecified atom stereocenters. The summed E-state index contributed by atoms with van der Waals surface area (Å²) in [6.07, 6.45) is 7.82. The van der Waals surface area contributed by atoms with Gasteiger partial charge in [-0.3, -0.25) is 9.78 Å². The number of aromatic nitrogens is 2. The third kappa shape index (κ3) is 5.95. The maximum absolute atomic E-state index is 11.9. The van der Waals surface area contributed by atoms with Crippen LogP contribution in [0.25, 0.3) is 0 Å². The van der Waals surface area contributed by atoms with Gasteiger partial charge in [-0.05, 0) is 26.2 Å². The molecule has 2 N–H and O–H groups in total. The maximum atomic E-state index is 11.9. The van der Waals surface area contributed by atoms with Gasteiger partial charge in [-0.15, -0.1) is 0 Å². The lowest BCUT2D eigenvalue weighted by atomic mass is 10.1. The molecule has 0 aliphatic carbocycles. The summed E-state index contributed by atoms with van der Waals surface area (Å²) in [4.78, 5) is 19.9. The highest BCUT2D eigenvalue weighted by Gasteiger charge is 2.18. The molecule has 0 saturated carbocycles. The first-order chi connectivity index (χ1) is 10.8. The van der Waals surface area contributed by atoms with Crippen LogP contribution in [0, 0.1) is 0 Å². The molecule has 0 radical (unpaired) electrons. The van der Waals surface area contributed by atoms with Crippen LogP contribution in [-0.4, -0.2) is 54.4 Å². The highest BCUT2D eigenvalue weighted by molar-refractivity contribution is 5.80. The lowest BCUT2D eigenvalue weighted by Crippen LogP contribution is -2.38. The molecular weight excluding hydrogens is 284 g/mol. The molecule has 1 aliphatic rings. The van der Waals surface area contributed by atoms with Crippen molar-refractivity contribution in [2.24, 2.45) is 0 Å². The number of nitrogens with one attached hydrogen (secondary N) is 2. The number of hydrogen-bond donors (Lipinski definition) is 2. The third-order valence-electron chi connectivity index (χ3n) is 3.47. The van der Waals surface area contributed by atoms with Gasteiger partial charge in [-0.2, -0.15) is 0 Å². The number of hydrogen-bond acceptors (Lipinski definition) is 6. The fraction of sp³-hybridized carbons (Fsp3) is 0.667. The first-order valence-electron chi connectivity index (χ1n) is 7.76. The molecule has 1 aromatic rings. The number of carbonyl (C=O) groups is 1. The van der Waals surface area contributed by atoms with Crippen molar-refractivity contribution in [3.8, 4) is 0 Å². The first kappa shape index (κ1) is 16.6. The molecule has 122 valence electrons. The van der Waals surface area contributed by atoms with Gasteiger partial charge in [-0.25, -0.2) is 4.98 Å². The quantitative estimate of drug-likeness (QED) is 0.696. The summed E-state index contributed by atoms with van der Waals surface area (Å²) >= 11 is 0. The van der Waals surface area contributed by atoms with E-state index in [0.29, 0.717) is 25.5 Å². The van der Waals surface area contributed by atoms with Gasteiger partial charge in [0, 0.05) is 32.1 Å². The van der Waals surface area contributed by atoms with Crippen LogP contribution in [0.2, 0.25) is 0 Å². The Balaban J connectivity index is 1.55. The molecular formula is C15H24N4O3. The SMILES string of the molecule is C[C@H](OC[C@@H]1CCCCO1)C(=O)NCCNc1cnccn1. The Hall–Kier alpha value is -1.73. The van der Waals surface area contributed by atoms with E-state index in [1.807, 2.05) is 0 Å². The van der Waals surface area contributed by atoms with Gasteiger partial charge in [-0.1, -0.05) is 0 Å².